The van der Waals surface area contributed by atoms with Gasteiger partial charge in [-0.2, -0.15) is 0 Å². The van der Waals surface area contributed by atoms with E-state index in [1.54, 1.807) is 18.2 Å². The normalized spacial score (nSPS) is 11.3. The summed E-state index contributed by atoms with van der Waals surface area (Å²) >= 11 is 10.8. The van der Waals surface area contributed by atoms with Crippen LogP contribution in [0.1, 0.15) is 18.9 Å². The van der Waals surface area contributed by atoms with Crippen LogP contribution in [0.5, 0.6) is 5.75 Å². The van der Waals surface area contributed by atoms with Crippen molar-refractivity contribution < 1.29 is 13.2 Å². The molecule has 2 N–H and O–H groups in total. The predicted octanol–water partition coefficient (Wildman–Crippen LogP) is 2.18. The summed E-state index contributed by atoms with van der Waals surface area (Å²) in [6.45, 7) is 1.93. The predicted molar refractivity (Wildman–Crippen MR) is 81.8 cm³/mol. The van der Waals surface area contributed by atoms with Gasteiger partial charge in [0.2, 0.25) is 0 Å². The SMILES string of the molecule is CCCS(=O)(=O)CCOc1ccc(C(N)=S)c(Cl)c1. The summed E-state index contributed by atoms with van der Waals surface area (Å²) in [6, 6.07) is 4.88. The Hall–Kier alpha value is -0.850. The van der Waals surface area contributed by atoms with Gasteiger partial charge < -0.3 is 10.5 Å². The Morgan fingerprint density at radius 3 is 2.63 bits per heavy atom. The topological polar surface area (TPSA) is 69.4 Å². The number of thiocarbonyl (C=S) groups is 1. The Morgan fingerprint density at radius 1 is 1.42 bits per heavy atom. The first kappa shape index (κ1) is 16.2. The van der Waals surface area contributed by atoms with Gasteiger partial charge in [-0.05, 0) is 24.6 Å². The van der Waals surface area contributed by atoms with Crippen LogP contribution in [0.25, 0.3) is 0 Å². The maximum atomic E-state index is 11.5. The molecule has 1 aromatic rings. The monoisotopic (exact) mass is 321 g/mol. The van der Waals surface area contributed by atoms with Crippen LogP contribution in [0.3, 0.4) is 0 Å². The lowest BCUT2D eigenvalue weighted by Crippen LogP contribution is -2.16. The van der Waals surface area contributed by atoms with Gasteiger partial charge in [-0.25, -0.2) is 8.42 Å². The van der Waals surface area contributed by atoms with Crippen LogP contribution in [0.15, 0.2) is 18.2 Å². The van der Waals surface area contributed by atoms with Crippen LogP contribution in [0, 0.1) is 0 Å². The molecule has 1 rings (SSSR count). The maximum absolute atomic E-state index is 11.5. The third-order valence-corrected chi connectivity index (χ3v) is 4.74. The summed E-state index contributed by atoms with van der Waals surface area (Å²) < 4.78 is 28.3. The van der Waals surface area contributed by atoms with Gasteiger partial charge in [0.15, 0.2) is 9.84 Å². The van der Waals surface area contributed by atoms with Crippen molar-refractivity contribution in [1.82, 2.24) is 0 Å². The van der Waals surface area contributed by atoms with Gasteiger partial charge in [-0.1, -0.05) is 30.7 Å². The molecule has 0 aromatic heterocycles. The molecular formula is C12H16ClNO3S2. The van der Waals surface area contributed by atoms with Crippen molar-refractivity contribution in [3.05, 3.63) is 28.8 Å². The Kier molecular flexibility index (Phi) is 6.03. The van der Waals surface area contributed by atoms with Crippen molar-refractivity contribution in [3.8, 4) is 5.75 Å². The second kappa shape index (κ2) is 7.07. The van der Waals surface area contributed by atoms with E-state index in [2.05, 4.69) is 0 Å². The van der Waals surface area contributed by atoms with E-state index >= 15 is 0 Å². The van der Waals surface area contributed by atoms with E-state index in [9.17, 15) is 8.42 Å². The Bertz CT molecular complexity index is 558. The first-order valence-corrected chi connectivity index (χ1v) is 8.39. The van der Waals surface area contributed by atoms with E-state index in [4.69, 9.17) is 34.3 Å². The summed E-state index contributed by atoms with van der Waals surface area (Å²) in [5, 5.41) is 0.390. The minimum absolute atomic E-state index is 0.00445. The second-order valence-electron chi connectivity index (χ2n) is 4.01. The summed E-state index contributed by atoms with van der Waals surface area (Å²) in [6.07, 6.45) is 0.608. The van der Waals surface area contributed by atoms with Gasteiger partial charge in [0.05, 0.1) is 16.5 Å². The molecule has 0 unspecified atom stereocenters. The Labute approximate surface area is 123 Å². The molecule has 19 heavy (non-hydrogen) atoms. The standard InChI is InChI=1S/C12H16ClNO3S2/c1-2-6-19(15,16)7-5-17-9-3-4-10(12(14)18)11(13)8-9/h3-4,8H,2,5-7H2,1H3,(H2,14,18). The summed E-state index contributed by atoms with van der Waals surface area (Å²) in [7, 11) is -3.03. The first-order valence-electron chi connectivity index (χ1n) is 5.78. The largest absolute Gasteiger partial charge is 0.492 e. The maximum Gasteiger partial charge on any atom is 0.153 e. The number of ether oxygens (including phenoxy) is 1. The fourth-order valence-corrected chi connectivity index (χ4v) is 3.15. The van der Waals surface area contributed by atoms with Crippen molar-refractivity contribution >= 4 is 38.6 Å². The molecule has 0 aliphatic heterocycles. The van der Waals surface area contributed by atoms with Gasteiger partial charge >= 0.3 is 0 Å². The zero-order valence-electron chi connectivity index (χ0n) is 10.6. The molecule has 0 atom stereocenters. The fraction of sp³-hybridized carbons (Fsp3) is 0.417. The van der Waals surface area contributed by atoms with Crippen LogP contribution >= 0.6 is 23.8 Å². The van der Waals surface area contributed by atoms with E-state index in [-0.39, 0.29) is 23.1 Å². The number of halogens is 1. The quantitative estimate of drug-likeness (QED) is 0.779. The summed E-state index contributed by atoms with van der Waals surface area (Å²) in [5.41, 5.74) is 6.05. The number of benzene rings is 1. The van der Waals surface area contributed by atoms with Crippen LogP contribution in [-0.2, 0) is 9.84 Å². The van der Waals surface area contributed by atoms with E-state index in [1.165, 1.54) is 0 Å². The van der Waals surface area contributed by atoms with Gasteiger partial charge in [0.25, 0.3) is 0 Å². The zero-order valence-corrected chi connectivity index (χ0v) is 12.9. The first-order chi connectivity index (χ1) is 8.85. The highest BCUT2D eigenvalue weighted by atomic mass is 35.5. The fourth-order valence-electron chi connectivity index (χ4n) is 1.48. The highest BCUT2D eigenvalue weighted by molar-refractivity contribution is 7.91. The number of rotatable bonds is 7. The molecule has 4 nitrogen and oxygen atoms in total. The molecule has 0 heterocycles. The average Bonchev–Trinajstić information content (AvgIpc) is 2.28. The minimum atomic E-state index is -3.03. The van der Waals surface area contributed by atoms with Gasteiger partial charge in [-0.15, -0.1) is 0 Å². The Balaban J connectivity index is 2.60. The number of hydrogen-bond acceptors (Lipinski definition) is 4. The molecule has 0 bridgehead atoms. The lowest BCUT2D eigenvalue weighted by atomic mass is 10.2. The molecule has 0 saturated carbocycles. The lowest BCUT2D eigenvalue weighted by Gasteiger charge is -2.08. The summed E-state index contributed by atoms with van der Waals surface area (Å²) in [4.78, 5) is 0.210. The Morgan fingerprint density at radius 2 is 2.11 bits per heavy atom. The molecule has 106 valence electrons. The van der Waals surface area contributed by atoms with E-state index in [0.717, 1.165) is 0 Å². The van der Waals surface area contributed by atoms with Crippen molar-refractivity contribution in [3.63, 3.8) is 0 Å². The minimum Gasteiger partial charge on any atom is -0.492 e. The van der Waals surface area contributed by atoms with E-state index in [1.807, 2.05) is 6.92 Å². The van der Waals surface area contributed by atoms with Crippen LogP contribution in [0.2, 0.25) is 5.02 Å². The van der Waals surface area contributed by atoms with Crippen molar-refractivity contribution in [2.24, 2.45) is 5.73 Å². The molecule has 7 heteroatoms. The van der Waals surface area contributed by atoms with E-state index < -0.39 is 9.84 Å². The van der Waals surface area contributed by atoms with Crippen molar-refractivity contribution in [2.45, 2.75) is 13.3 Å². The van der Waals surface area contributed by atoms with Crippen LogP contribution < -0.4 is 10.5 Å². The van der Waals surface area contributed by atoms with E-state index in [0.29, 0.717) is 22.8 Å². The number of sulfone groups is 1. The lowest BCUT2D eigenvalue weighted by molar-refractivity contribution is 0.341. The average molecular weight is 322 g/mol. The number of nitrogens with two attached hydrogens (primary N) is 1. The van der Waals surface area contributed by atoms with Gasteiger partial charge in [-0.3, -0.25) is 0 Å². The number of hydrogen-bond donors (Lipinski definition) is 1. The molecule has 0 aliphatic carbocycles. The second-order valence-corrected chi connectivity index (χ2v) is 7.16. The van der Waals surface area contributed by atoms with Crippen molar-refractivity contribution in [1.29, 1.82) is 0 Å². The third-order valence-electron chi connectivity index (χ3n) is 2.38. The smallest absolute Gasteiger partial charge is 0.153 e. The van der Waals surface area contributed by atoms with Crippen LogP contribution in [-0.4, -0.2) is 31.5 Å². The zero-order chi connectivity index (χ0) is 14.5. The highest BCUT2D eigenvalue weighted by Gasteiger charge is 2.10. The molecule has 0 saturated heterocycles. The van der Waals surface area contributed by atoms with Crippen LogP contribution in [0.4, 0.5) is 0 Å². The highest BCUT2D eigenvalue weighted by Crippen LogP contribution is 2.22. The molecule has 0 spiro atoms. The molecule has 1 aromatic carbocycles. The van der Waals surface area contributed by atoms with Crippen molar-refractivity contribution in [2.75, 3.05) is 18.1 Å². The molecular weight excluding hydrogens is 306 g/mol. The molecule has 0 aliphatic rings. The summed E-state index contributed by atoms with van der Waals surface area (Å²) in [5.74, 6) is 0.671. The molecule has 0 radical (unpaired) electrons. The molecule has 0 fully saturated rings. The van der Waals surface area contributed by atoms with Gasteiger partial charge in [0.1, 0.15) is 17.3 Å². The third kappa shape index (κ3) is 5.34. The van der Waals surface area contributed by atoms with Gasteiger partial charge in [0, 0.05) is 5.56 Å². The molecule has 0 amide bonds.